The van der Waals surface area contributed by atoms with E-state index < -0.39 is 0 Å². The van der Waals surface area contributed by atoms with Crippen molar-refractivity contribution < 1.29 is 0 Å². The second kappa shape index (κ2) is 7.28. The number of nitrogens with zero attached hydrogens (tertiary/aromatic N) is 4. The summed E-state index contributed by atoms with van der Waals surface area (Å²) in [6.45, 7) is 8.63. The maximum absolute atomic E-state index is 5.04. The fourth-order valence-corrected chi connectivity index (χ4v) is 4.24. The predicted molar refractivity (Wildman–Crippen MR) is 114 cm³/mol. The zero-order valence-electron chi connectivity index (χ0n) is 16.6. The highest BCUT2D eigenvalue weighted by Gasteiger charge is 2.28. The van der Waals surface area contributed by atoms with Crippen molar-refractivity contribution in [3.63, 3.8) is 0 Å². The number of benzene rings is 1. The van der Waals surface area contributed by atoms with Gasteiger partial charge in [0, 0.05) is 42.9 Å². The molecule has 140 valence electrons. The Hall–Kier alpha value is -2.46. The maximum atomic E-state index is 5.04. The van der Waals surface area contributed by atoms with Gasteiger partial charge in [-0.05, 0) is 56.3 Å². The van der Waals surface area contributed by atoms with Gasteiger partial charge in [0.1, 0.15) is 5.82 Å². The van der Waals surface area contributed by atoms with E-state index in [-0.39, 0.29) is 0 Å². The number of hydrogen-bond donors (Lipinski definition) is 0. The fraction of sp³-hybridized carbons (Fsp3) is 0.391. The van der Waals surface area contributed by atoms with Gasteiger partial charge in [-0.2, -0.15) is 0 Å². The molecule has 2 aliphatic heterocycles. The third-order valence-electron chi connectivity index (χ3n) is 5.79. The van der Waals surface area contributed by atoms with Gasteiger partial charge in [-0.1, -0.05) is 25.6 Å². The molecule has 1 unspecified atom stereocenters. The maximum Gasteiger partial charge on any atom is 0.137 e. The van der Waals surface area contributed by atoms with Gasteiger partial charge in [-0.3, -0.25) is 4.99 Å². The SMILES string of the molecule is C=C1CC(c2cccnc2N2CCC(N(C)C)C2)=Nc2cccc(CC)c21. The van der Waals surface area contributed by atoms with Gasteiger partial charge in [0.15, 0.2) is 0 Å². The van der Waals surface area contributed by atoms with E-state index in [9.17, 15) is 0 Å². The monoisotopic (exact) mass is 360 g/mol. The molecule has 0 radical (unpaired) electrons. The molecular formula is C23H28N4. The summed E-state index contributed by atoms with van der Waals surface area (Å²) in [6.07, 6.45) is 4.85. The highest BCUT2D eigenvalue weighted by molar-refractivity contribution is 6.13. The summed E-state index contributed by atoms with van der Waals surface area (Å²) in [4.78, 5) is 14.5. The summed E-state index contributed by atoms with van der Waals surface area (Å²) in [6, 6.07) is 11.1. The van der Waals surface area contributed by atoms with E-state index in [1.807, 2.05) is 12.3 Å². The number of fused-ring (bicyclic) bond motifs is 1. The van der Waals surface area contributed by atoms with Crippen molar-refractivity contribution in [1.82, 2.24) is 9.88 Å². The van der Waals surface area contributed by atoms with Crippen LogP contribution in [0.2, 0.25) is 0 Å². The van der Waals surface area contributed by atoms with E-state index in [1.54, 1.807) is 0 Å². The van der Waals surface area contributed by atoms with Crippen LogP contribution >= 0.6 is 0 Å². The van der Waals surface area contributed by atoms with Crippen LogP contribution in [-0.2, 0) is 6.42 Å². The number of rotatable bonds is 4. The van der Waals surface area contributed by atoms with Crippen LogP contribution in [0.3, 0.4) is 0 Å². The number of hydrogen-bond acceptors (Lipinski definition) is 4. The molecule has 1 atom stereocenters. The van der Waals surface area contributed by atoms with E-state index in [4.69, 9.17) is 9.98 Å². The van der Waals surface area contributed by atoms with E-state index in [2.05, 4.69) is 61.7 Å². The lowest BCUT2D eigenvalue weighted by molar-refractivity contribution is 0.315. The summed E-state index contributed by atoms with van der Waals surface area (Å²) in [5, 5.41) is 0. The quantitative estimate of drug-likeness (QED) is 0.814. The molecule has 3 heterocycles. The molecule has 0 spiro atoms. The zero-order chi connectivity index (χ0) is 19.0. The second-order valence-electron chi connectivity index (χ2n) is 7.73. The van der Waals surface area contributed by atoms with Crippen molar-refractivity contribution in [2.24, 2.45) is 4.99 Å². The van der Waals surface area contributed by atoms with Gasteiger partial charge in [0.05, 0.1) is 11.4 Å². The molecule has 2 aromatic rings. The summed E-state index contributed by atoms with van der Waals surface area (Å²) in [5.74, 6) is 1.06. The van der Waals surface area contributed by atoms with Crippen molar-refractivity contribution in [1.29, 1.82) is 0 Å². The molecule has 1 aromatic heterocycles. The molecule has 1 fully saturated rings. The normalized spacial score (nSPS) is 19.4. The summed E-state index contributed by atoms with van der Waals surface area (Å²) >= 11 is 0. The van der Waals surface area contributed by atoms with Crippen LogP contribution in [-0.4, -0.2) is 48.8 Å². The Morgan fingerprint density at radius 2 is 2.07 bits per heavy atom. The zero-order valence-corrected chi connectivity index (χ0v) is 16.6. The fourth-order valence-electron chi connectivity index (χ4n) is 4.24. The van der Waals surface area contributed by atoms with Gasteiger partial charge in [-0.15, -0.1) is 0 Å². The van der Waals surface area contributed by atoms with Crippen LogP contribution in [0.4, 0.5) is 11.5 Å². The van der Waals surface area contributed by atoms with Gasteiger partial charge in [0.2, 0.25) is 0 Å². The van der Waals surface area contributed by atoms with Crippen molar-refractivity contribution in [2.75, 3.05) is 32.1 Å². The standard InChI is InChI=1S/C23H28N4/c1-5-17-8-6-10-20-22(17)16(2)14-21(25-20)19-9-7-12-24-23(19)27-13-11-18(15-27)26(3)4/h6-10,12,18H,2,5,11,13-15H2,1,3-4H3. The lowest BCUT2D eigenvalue weighted by Crippen LogP contribution is -2.32. The van der Waals surface area contributed by atoms with E-state index in [1.165, 1.54) is 17.5 Å². The van der Waals surface area contributed by atoms with Crippen molar-refractivity contribution in [3.8, 4) is 0 Å². The van der Waals surface area contributed by atoms with Crippen molar-refractivity contribution in [3.05, 3.63) is 59.8 Å². The number of aromatic nitrogens is 1. The lowest BCUT2D eigenvalue weighted by atomic mass is 9.89. The Morgan fingerprint density at radius 1 is 1.22 bits per heavy atom. The summed E-state index contributed by atoms with van der Waals surface area (Å²) in [5.41, 5.74) is 7.00. The molecule has 4 heteroatoms. The molecule has 2 aliphatic rings. The Morgan fingerprint density at radius 3 is 2.81 bits per heavy atom. The molecule has 0 bridgehead atoms. The molecule has 1 saturated heterocycles. The topological polar surface area (TPSA) is 31.7 Å². The van der Waals surface area contributed by atoms with Crippen molar-refractivity contribution in [2.45, 2.75) is 32.2 Å². The Bertz CT molecular complexity index is 897. The van der Waals surface area contributed by atoms with Gasteiger partial charge in [-0.25, -0.2) is 4.98 Å². The smallest absolute Gasteiger partial charge is 0.137 e. The lowest BCUT2D eigenvalue weighted by Gasteiger charge is -2.25. The number of pyridine rings is 1. The minimum Gasteiger partial charge on any atom is -0.354 e. The molecule has 0 amide bonds. The molecule has 4 rings (SSSR count). The number of aliphatic imine (C=N–C) groups is 1. The molecule has 0 aliphatic carbocycles. The molecule has 1 aromatic carbocycles. The average Bonchev–Trinajstić information content (AvgIpc) is 3.17. The van der Waals surface area contributed by atoms with E-state index >= 15 is 0 Å². The molecule has 0 N–H and O–H groups in total. The number of aryl methyl sites for hydroxylation is 1. The van der Waals surface area contributed by atoms with Gasteiger partial charge < -0.3 is 9.80 Å². The van der Waals surface area contributed by atoms with Crippen LogP contribution < -0.4 is 4.90 Å². The van der Waals surface area contributed by atoms with Crippen LogP contribution in [0.1, 0.15) is 36.5 Å². The number of likely N-dealkylation sites (N-methyl/N-ethyl adjacent to an activating group) is 1. The minimum atomic E-state index is 0.580. The molecule has 27 heavy (non-hydrogen) atoms. The largest absolute Gasteiger partial charge is 0.354 e. The number of allylic oxidation sites excluding steroid dienone is 1. The van der Waals surface area contributed by atoms with Gasteiger partial charge in [0.25, 0.3) is 0 Å². The predicted octanol–water partition coefficient (Wildman–Crippen LogP) is 4.32. The van der Waals surface area contributed by atoms with Crippen LogP contribution in [0.5, 0.6) is 0 Å². The molecular weight excluding hydrogens is 332 g/mol. The van der Waals surface area contributed by atoms with Crippen LogP contribution in [0.25, 0.3) is 5.57 Å². The number of anilines is 1. The Labute approximate surface area is 162 Å². The first-order chi connectivity index (χ1) is 13.1. The van der Waals surface area contributed by atoms with E-state index in [0.717, 1.165) is 54.3 Å². The third-order valence-corrected chi connectivity index (χ3v) is 5.79. The second-order valence-corrected chi connectivity index (χ2v) is 7.73. The molecule has 0 saturated carbocycles. The highest BCUT2D eigenvalue weighted by atomic mass is 15.3. The van der Waals surface area contributed by atoms with Gasteiger partial charge >= 0.3 is 0 Å². The van der Waals surface area contributed by atoms with E-state index in [0.29, 0.717) is 6.04 Å². The first kappa shape index (κ1) is 17.9. The summed E-state index contributed by atoms with van der Waals surface area (Å²) < 4.78 is 0. The Kier molecular flexibility index (Phi) is 4.83. The highest BCUT2D eigenvalue weighted by Crippen LogP contribution is 2.38. The first-order valence-electron chi connectivity index (χ1n) is 9.82. The van der Waals surface area contributed by atoms with Crippen LogP contribution in [0.15, 0.2) is 48.1 Å². The third kappa shape index (κ3) is 3.30. The Balaban J connectivity index is 1.73. The average molecular weight is 361 g/mol. The minimum absolute atomic E-state index is 0.580. The van der Waals surface area contributed by atoms with Crippen molar-refractivity contribution >= 4 is 22.8 Å². The molecule has 4 nitrogen and oxygen atoms in total. The first-order valence-corrected chi connectivity index (χ1v) is 9.82. The van der Waals surface area contributed by atoms with Crippen LogP contribution in [0, 0.1) is 0 Å². The summed E-state index contributed by atoms with van der Waals surface area (Å²) in [7, 11) is 4.32.